The average Bonchev–Trinajstić information content (AvgIpc) is 2.99. The van der Waals surface area contributed by atoms with Gasteiger partial charge in [-0.25, -0.2) is 14.0 Å². The lowest BCUT2D eigenvalue weighted by molar-refractivity contribution is -0.141. The highest BCUT2D eigenvalue weighted by Crippen LogP contribution is 2.17. The molecule has 0 radical (unpaired) electrons. The van der Waals surface area contributed by atoms with Crippen LogP contribution in [0.2, 0.25) is 0 Å². The van der Waals surface area contributed by atoms with Gasteiger partial charge in [0.1, 0.15) is 5.82 Å². The Balaban J connectivity index is 0.00000300. The molecule has 1 saturated heterocycles. The van der Waals surface area contributed by atoms with E-state index in [0.29, 0.717) is 31.1 Å². The number of benzene rings is 1. The monoisotopic (exact) mass is 422 g/mol. The predicted molar refractivity (Wildman–Crippen MR) is 115 cm³/mol. The van der Waals surface area contributed by atoms with Gasteiger partial charge >= 0.3 is 11.7 Å². The summed E-state index contributed by atoms with van der Waals surface area (Å²) in [4.78, 5) is 24.1. The summed E-state index contributed by atoms with van der Waals surface area (Å²) >= 11 is 0. The molecule has 8 heteroatoms. The second kappa shape index (κ2) is 10.6. The number of nitrogens with one attached hydrogen (secondary N) is 1. The van der Waals surface area contributed by atoms with E-state index in [9.17, 15) is 14.7 Å². The highest BCUT2D eigenvalue weighted by atomic mass is 35.5. The molecule has 1 atom stereocenters. The summed E-state index contributed by atoms with van der Waals surface area (Å²) in [6.07, 6.45) is 4.38. The Morgan fingerprint density at radius 1 is 1.28 bits per heavy atom. The average molecular weight is 423 g/mol. The van der Waals surface area contributed by atoms with E-state index in [1.54, 1.807) is 9.25 Å². The second-order valence-corrected chi connectivity index (χ2v) is 7.68. The van der Waals surface area contributed by atoms with Gasteiger partial charge in [-0.05, 0) is 75.7 Å². The molecule has 160 valence electrons. The first-order valence-corrected chi connectivity index (χ1v) is 10.2. The number of carbonyl (C=O) groups is 1. The maximum atomic E-state index is 12.8. The van der Waals surface area contributed by atoms with E-state index >= 15 is 0 Å². The molecule has 0 aliphatic carbocycles. The van der Waals surface area contributed by atoms with Gasteiger partial charge in [-0.15, -0.1) is 12.4 Å². The zero-order chi connectivity index (χ0) is 20.1. The summed E-state index contributed by atoms with van der Waals surface area (Å²) in [5.41, 5.74) is 1.61. The summed E-state index contributed by atoms with van der Waals surface area (Å²) in [6.45, 7) is 6.48. The van der Waals surface area contributed by atoms with Crippen LogP contribution in [-0.4, -0.2) is 38.5 Å². The number of carboxylic acid groups (broad SMARTS) is 1. The van der Waals surface area contributed by atoms with Crippen molar-refractivity contribution in [3.8, 4) is 5.69 Å². The molecule has 1 aromatic carbocycles. The van der Waals surface area contributed by atoms with Crippen LogP contribution < -0.4 is 11.0 Å². The fourth-order valence-electron chi connectivity index (χ4n) is 3.91. The van der Waals surface area contributed by atoms with Crippen molar-refractivity contribution in [3.05, 3.63) is 46.1 Å². The second-order valence-electron chi connectivity index (χ2n) is 7.68. The number of piperidine rings is 1. The molecule has 29 heavy (non-hydrogen) atoms. The van der Waals surface area contributed by atoms with Gasteiger partial charge in [0, 0.05) is 6.54 Å². The maximum absolute atomic E-state index is 12.8. The molecule has 1 aromatic heterocycles. The topological polar surface area (TPSA) is 89.2 Å². The third-order valence-electron chi connectivity index (χ3n) is 5.73. The predicted octanol–water partition coefficient (Wildman–Crippen LogP) is 2.81. The highest BCUT2D eigenvalue weighted by Gasteiger charge is 2.18. The fourth-order valence-corrected chi connectivity index (χ4v) is 3.91. The quantitative estimate of drug-likeness (QED) is 0.682. The third-order valence-corrected chi connectivity index (χ3v) is 5.73. The third kappa shape index (κ3) is 5.70. The number of hydrogen-bond donors (Lipinski definition) is 2. The van der Waals surface area contributed by atoms with Gasteiger partial charge in [-0.1, -0.05) is 19.1 Å². The van der Waals surface area contributed by atoms with E-state index in [1.165, 1.54) is 0 Å². The molecule has 2 aromatic rings. The van der Waals surface area contributed by atoms with Gasteiger partial charge in [-0.2, -0.15) is 5.10 Å². The van der Waals surface area contributed by atoms with Gasteiger partial charge in [0.05, 0.1) is 11.6 Å². The molecule has 0 bridgehead atoms. The van der Waals surface area contributed by atoms with Crippen molar-refractivity contribution < 1.29 is 9.90 Å². The minimum atomic E-state index is -0.770. The van der Waals surface area contributed by atoms with Gasteiger partial charge in [0.15, 0.2) is 0 Å². The normalized spacial score (nSPS) is 15.7. The minimum Gasteiger partial charge on any atom is -0.481 e. The van der Waals surface area contributed by atoms with E-state index in [0.717, 1.165) is 43.6 Å². The largest absolute Gasteiger partial charge is 0.481 e. The first kappa shape index (κ1) is 23.2. The molecule has 1 aliphatic rings. The number of carboxylic acids is 1. The lowest BCUT2D eigenvalue weighted by Crippen LogP contribution is -2.30. The Hall–Kier alpha value is -2.12. The first-order chi connectivity index (χ1) is 13.5. The number of hydrogen-bond acceptors (Lipinski definition) is 4. The summed E-state index contributed by atoms with van der Waals surface area (Å²) in [5, 5.41) is 17.0. The Labute approximate surface area is 177 Å². The van der Waals surface area contributed by atoms with Gasteiger partial charge in [0.25, 0.3) is 0 Å². The summed E-state index contributed by atoms with van der Waals surface area (Å²) < 4.78 is 3.20. The zero-order valence-corrected chi connectivity index (χ0v) is 18.0. The molecule has 7 nitrogen and oxygen atoms in total. The first-order valence-electron chi connectivity index (χ1n) is 10.2. The van der Waals surface area contributed by atoms with E-state index in [4.69, 9.17) is 0 Å². The molecule has 3 rings (SSSR count). The Bertz CT molecular complexity index is 854. The molecule has 0 amide bonds. The number of aryl methyl sites for hydroxylation is 2. The molecule has 1 aliphatic heterocycles. The SMILES string of the molecule is CCC(Cc1ccc(-n2c(C)nn(CCC3CCNCC3)c2=O)cc1)C(=O)O.Cl. The molecule has 1 unspecified atom stereocenters. The maximum Gasteiger partial charge on any atom is 0.350 e. The Morgan fingerprint density at radius 3 is 2.52 bits per heavy atom. The lowest BCUT2D eigenvalue weighted by atomic mass is 9.95. The lowest BCUT2D eigenvalue weighted by Gasteiger charge is -2.22. The molecule has 2 heterocycles. The fraction of sp³-hybridized carbons (Fsp3) is 0.571. The summed E-state index contributed by atoms with van der Waals surface area (Å²) in [7, 11) is 0. The van der Waals surface area contributed by atoms with Gasteiger partial charge in [-0.3, -0.25) is 4.79 Å². The van der Waals surface area contributed by atoms with Crippen LogP contribution in [0.15, 0.2) is 29.1 Å². The zero-order valence-electron chi connectivity index (χ0n) is 17.1. The number of aliphatic carboxylic acids is 1. The van der Waals surface area contributed by atoms with E-state index in [-0.39, 0.29) is 24.0 Å². The highest BCUT2D eigenvalue weighted by molar-refractivity contribution is 5.85. The van der Waals surface area contributed by atoms with Gasteiger partial charge < -0.3 is 10.4 Å². The molecule has 0 saturated carbocycles. The summed E-state index contributed by atoms with van der Waals surface area (Å²) in [6, 6.07) is 7.55. The van der Waals surface area contributed by atoms with Crippen LogP contribution in [0.3, 0.4) is 0 Å². The van der Waals surface area contributed by atoms with E-state index < -0.39 is 5.97 Å². The smallest absolute Gasteiger partial charge is 0.350 e. The number of aromatic nitrogens is 3. The van der Waals surface area contributed by atoms with Crippen molar-refractivity contribution in [2.75, 3.05) is 13.1 Å². The Morgan fingerprint density at radius 2 is 1.93 bits per heavy atom. The molecule has 2 N–H and O–H groups in total. The van der Waals surface area contributed by atoms with Gasteiger partial charge in [0.2, 0.25) is 0 Å². The van der Waals surface area contributed by atoms with Crippen LogP contribution in [-0.2, 0) is 17.8 Å². The number of halogens is 1. The number of nitrogens with zero attached hydrogens (tertiary/aromatic N) is 3. The van der Waals surface area contributed by atoms with Crippen molar-refractivity contribution in [2.24, 2.45) is 11.8 Å². The van der Waals surface area contributed by atoms with Crippen LogP contribution in [0.5, 0.6) is 0 Å². The molecule has 0 spiro atoms. The van der Waals surface area contributed by atoms with Crippen LogP contribution in [0.4, 0.5) is 0 Å². The van der Waals surface area contributed by atoms with E-state index in [1.807, 2.05) is 38.1 Å². The summed E-state index contributed by atoms with van der Waals surface area (Å²) in [5.74, 6) is 0.167. The van der Waals surface area contributed by atoms with Crippen molar-refractivity contribution in [2.45, 2.75) is 52.5 Å². The molecular weight excluding hydrogens is 392 g/mol. The Kier molecular flexibility index (Phi) is 8.46. The van der Waals surface area contributed by atoms with Crippen LogP contribution in [0, 0.1) is 18.8 Å². The van der Waals surface area contributed by atoms with Crippen molar-refractivity contribution in [1.82, 2.24) is 19.7 Å². The van der Waals surface area contributed by atoms with Crippen molar-refractivity contribution in [3.63, 3.8) is 0 Å². The minimum absolute atomic E-state index is 0. The van der Waals surface area contributed by atoms with Crippen LogP contribution >= 0.6 is 12.4 Å². The van der Waals surface area contributed by atoms with E-state index in [2.05, 4.69) is 10.4 Å². The standard InChI is InChI=1S/C21H30N4O3.ClH/c1-3-18(20(26)27)14-17-4-6-19(7-5-17)25-15(2)23-24(21(25)28)13-10-16-8-11-22-12-9-16;/h4-7,16,18,22H,3,8-14H2,1-2H3,(H,26,27);1H. The molecule has 1 fully saturated rings. The number of rotatable bonds is 8. The van der Waals surface area contributed by atoms with Crippen molar-refractivity contribution >= 4 is 18.4 Å². The molecular formula is C21H31ClN4O3. The van der Waals surface area contributed by atoms with Crippen molar-refractivity contribution in [1.29, 1.82) is 0 Å². The van der Waals surface area contributed by atoms with Crippen LogP contribution in [0.25, 0.3) is 5.69 Å². The van der Waals surface area contributed by atoms with Crippen LogP contribution in [0.1, 0.15) is 44.0 Å².